The lowest BCUT2D eigenvalue weighted by Gasteiger charge is -2.22. The molecule has 0 aliphatic carbocycles. The molecule has 1 aliphatic heterocycles. The molecule has 7 heteroatoms. The van der Waals surface area contributed by atoms with E-state index in [1.54, 1.807) is 6.07 Å². The number of amides is 1. The van der Waals surface area contributed by atoms with Gasteiger partial charge in [0.15, 0.2) is 5.16 Å². The van der Waals surface area contributed by atoms with Crippen LogP contribution >= 0.6 is 23.1 Å². The maximum atomic E-state index is 12.7. The van der Waals surface area contributed by atoms with Crippen LogP contribution in [0, 0.1) is 0 Å². The Balaban J connectivity index is 1.53. The van der Waals surface area contributed by atoms with E-state index in [2.05, 4.69) is 23.0 Å². The highest BCUT2D eigenvalue weighted by atomic mass is 32.2. The first-order valence-corrected chi connectivity index (χ1v) is 9.50. The monoisotopic (exact) mass is 357 g/mol. The molecular formula is C17H15N3O2S2. The molecule has 0 fully saturated rings. The van der Waals surface area contributed by atoms with Crippen molar-refractivity contribution in [2.75, 3.05) is 10.7 Å². The van der Waals surface area contributed by atoms with E-state index in [1.165, 1.54) is 28.7 Å². The summed E-state index contributed by atoms with van der Waals surface area (Å²) in [5.74, 6) is 0.282. The van der Waals surface area contributed by atoms with E-state index in [1.807, 2.05) is 28.5 Å². The summed E-state index contributed by atoms with van der Waals surface area (Å²) in [5.41, 5.74) is 2.04. The zero-order valence-electron chi connectivity index (χ0n) is 13.0. The van der Waals surface area contributed by atoms with Gasteiger partial charge in [-0.1, -0.05) is 30.0 Å². The predicted octanol–water partition coefficient (Wildman–Crippen LogP) is 3.05. The normalized spacial score (nSPS) is 16.5. The molecular weight excluding hydrogens is 342 g/mol. The van der Waals surface area contributed by atoms with Crippen molar-refractivity contribution in [3.63, 3.8) is 0 Å². The molecule has 1 amide bonds. The average Bonchev–Trinajstić information content (AvgIpc) is 3.16. The van der Waals surface area contributed by atoms with Crippen molar-refractivity contribution in [2.24, 2.45) is 0 Å². The number of carbonyl (C=O) groups excluding carboxylic acids is 1. The first kappa shape index (κ1) is 15.4. The van der Waals surface area contributed by atoms with Crippen molar-refractivity contribution in [1.82, 2.24) is 9.97 Å². The summed E-state index contributed by atoms with van der Waals surface area (Å²) in [6.07, 6.45) is 0.878. The molecule has 0 radical (unpaired) electrons. The average molecular weight is 357 g/mol. The molecule has 0 unspecified atom stereocenters. The number of rotatable bonds is 3. The number of nitrogens with one attached hydrogen (secondary N) is 1. The number of hydrogen-bond donors (Lipinski definition) is 1. The molecule has 0 bridgehead atoms. The molecule has 0 saturated carbocycles. The van der Waals surface area contributed by atoms with Gasteiger partial charge in [0, 0.05) is 11.7 Å². The second-order valence-corrected chi connectivity index (χ2v) is 7.60. The van der Waals surface area contributed by atoms with E-state index in [4.69, 9.17) is 0 Å². The number of benzene rings is 1. The zero-order valence-corrected chi connectivity index (χ0v) is 14.6. The standard InChI is InChI=1S/C17H15N3O2S2/c1-10-8-11-4-2-3-5-13(11)20(10)14(21)9-24-17-18-15(22)12-6-7-23-16(12)19-17/h2-7,10H,8-9H2,1H3,(H,18,19,22)/t10-/m0/s1. The van der Waals surface area contributed by atoms with E-state index >= 15 is 0 Å². The van der Waals surface area contributed by atoms with E-state index < -0.39 is 0 Å². The number of hydrogen-bond acceptors (Lipinski definition) is 5. The van der Waals surface area contributed by atoms with E-state index in [9.17, 15) is 9.59 Å². The Kier molecular flexibility index (Phi) is 3.90. The Labute approximate surface area is 146 Å². The van der Waals surface area contributed by atoms with Crippen LogP contribution in [0.5, 0.6) is 0 Å². The van der Waals surface area contributed by atoms with Crippen LogP contribution in [0.4, 0.5) is 5.69 Å². The number of thioether (sulfide) groups is 1. The highest BCUT2D eigenvalue weighted by Crippen LogP contribution is 2.32. The van der Waals surface area contributed by atoms with Gasteiger partial charge in [0.1, 0.15) is 4.83 Å². The molecule has 1 aliphatic rings. The SMILES string of the molecule is C[C@H]1Cc2ccccc2N1C(=O)CSc1nc2sccc2c(=O)[nH]1. The maximum Gasteiger partial charge on any atom is 0.260 e. The maximum absolute atomic E-state index is 12.7. The molecule has 122 valence electrons. The van der Waals surface area contributed by atoms with Crippen molar-refractivity contribution >= 4 is 44.9 Å². The van der Waals surface area contributed by atoms with Gasteiger partial charge in [-0.25, -0.2) is 4.98 Å². The molecule has 3 aromatic rings. The number of fused-ring (bicyclic) bond motifs is 2. The fraction of sp³-hybridized carbons (Fsp3) is 0.235. The van der Waals surface area contributed by atoms with Gasteiger partial charge in [-0.05, 0) is 36.4 Å². The Bertz CT molecular complexity index is 979. The fourth-order valence-electron chi connectivity index (χ4n) is 3.06. The van der Waals surface area contributed by atoms with Gasteiger partial charge in [0.25, 0.3) is 5.56 Å². The first-order valence-electron chi connectivity index (χ1n) is 7.64. The van der Waals surface area contributed by atoms with Crippen LogP contribution < -0.4 is 10.5 Å². The molecule has 1 atom stereocenters. The van der Waals surface area contributed by atoms with Crippen molar-refractivity contribution in [1.29, 1.82) is 0 Å². The number of thiophene rings is 1. The summed E-state index contributed by atoms with van der Waals surface area (Å²) >= 11 is 2.70. The molecule has 3 heterocycles. The van der Waals surface area contributed by atoms with Crippen molar-refractivity contribution in [3.8, 4) is 0 Å². The minimum Gasteiger partial charge on any atom is -0.308 e. The van der Waals surface area contributed by atoms with E-state index in [0.29, 0.717) is 15.4 Å². The number of anilines is 1. The lowest BCUT2D eigenvalue weighted by molar-refractivity contribution is -0.116. The highest BCUT2D eigenvalue weighted by Gasteiger charge is 2.30. The fourth-order valence-corrected chi connectivity index (χ4v) is 4.60. The molecule has 5 nitrogen and oxygen atoms in total. The van der Waals surface area contributed by atoms with Crippen LogP contribution in [0.3, 0.4) is 0 Å². The topological polar surface area (TPSA) is 66.1 Å². The summed E-state index contributed by atoms with van der Waals surface area (Å²) in [4.78, 5) is 34.4. The summed E-state index contributed by atoms with van der Waals surface area (Å²) in [6.45, 7) is 2.06. The summed E-state index contributed by atoms with van der Waals surface area (Å²) in [5, 5.41) is 2.93. The number of H-pyrrole nitrogens is 1. The van der Waals surface area contributed by atoms with Crippen LogP contribution in [0.15, 0.2) is 45.7 Å². The van der Waals surface area contributed by atoms with Crippen molar-refractivity contribution in [2.45, 2.75) is 24.5 Å². The van der Waals surface area contributed by atoms with Gasteiger partial charge < -0.3 is 9.88 Å². The van der Waals surface area contributed by atoms with Gasteiger partial charge >= 0.3 is 0 Å². The third-order valence-electron chi connectivity index (χ3n) is 4.12. The van der Waals surface area contributed by atoms with Crippen LogP contribution in [-0.4, -0.2) is 27.7 Å². The van der Waals surface area contributed by atoms with Crippen LogP contribution in [0.2, 0.25) is 0 Å². The molecule has 0 saturated heterocycles. The lowest BCUT2D eigenvalue weighted by Crippen LogP contribution is -2.37. The van der Waals surface area contributed by atoms with Gasteiger partial charge in [0.05, 0.1) is 11.1 Å². The quantitative estimate of drug-likeness (QED) is 0.578. The molecule has 4 rings (SSSR count). The second-order valence-electron chi connectivity index (χ2n) is 5.74. The minimum absolute atomic E-state index is 0.0337. The summed E-state index contributed by atoms with van der Waals surface area (Å²) < 4.78 is 0. The van der Waals surface area contributed by atoms with E-state index in [0.717, 1.165) is 12.1 Å². The highest BCUT2D eigenvalue weighted by molar-refractivity contribution is 7.99. The van der Waals surface area contributed by atoms with Crippen LogP contribution in [-0.2, 0) is 11.2 Å². The predicted molar refractivity (Wildman–Crippen MR) is 98.1 cm³/mol. The Morgan fingerprint density at radius 2 is 2.25 bits per heavy atom. The summed E-state index contributed by atoms with van der Waals surface area (Å²) in [7, 11) is 0. The number of nitrogens with zero attached hydrogens (tertiary/aromatic N) is 2. The molecule has 0 spiro atoms. The van der Waals surface area contributed by atoms with Crippen LogP contribution in [0.25, 0.3) is 10.2 Å². The Hall–Kier alpha value is -2.12. The Morgan fingerprint density at radius 1 is 1.42 bits per heavy atom. The van der Waals surface area contributed by atoms with Crippen molar-refractivity contribution in [3.05, 3.63) is 51.6 Å². The van der Waals surface area contributed by atoms with Gasteiger partial charge in [-0.15, -0.1) is 11.3 Å². The number of aromatic nitrogens is 2. The Morgan fingerprint density at radius 3 is 3.12 bits per heavy atom. The number of para-hydroxylation sites is 1. The molecule has 1 N–H and O–H groups in total. The molecule has 2 aromatic heterocycles. The van der Waals surface area contributed by atoms with Crippen LogP contribution in [0.1, 0.15) is 12.5 Å². The second kappa shape index (κ2) is 6.07. The third-order valence-corrected chi connectivity index (χ3v) is 5.79. The molecule has 1 aromatic carbocycles. The zero-order chi connectivity index (χ0) is 16.7. The summed E-state index contributed by atoms with van der Waals surface area (Å²) in [6, 6.07) is 9.92. The molecule has 24 heavy (non-hydrogen) atoms. The van der Waals surface area contributed by atoms with Crippen molar-refractivity contribution < 1.29 is 4.79 Å². The van der Waals surface area contributed by atoms with Gasteiger partial charge in [0.2, 0.25) is 5.91 Å². The number of aromatic amines is 1. The minimum atomic E-state index is -0.156. The van der Waals surface area contributed by atoms with Gasteiger partial charge in [-0.3, -0.25) is 9.59 Å². The lowest BCUT2D eigenvalue weighted by atomic mass is 10.1. The largest absolute Gasteiger partial charge is 0.308 e. The third kappa shape index (κ3) is 2.63. The van der Waals surface area contributed by atoms with Gasteiger partial charge in [-0.2, -0.15) is 0 Å². The number of carbonyl (C=O) groups is 1. The van der Waals surface area contributed by atoms with E-state index in [-0.39, 0.29) is 23.3 Å². The first-order chi connectivity index (χ1) is 11.6. The smallest absolute Gasteiger partial charge is 0.260 e.